The molecule has 2 N–H and O–H groups in total. The van der Waals surface area contributed by atoms with Crippen LogP contribution in [0.25, 0.3) is 32.9 Å². The standard InChI is InChI=1S/C25H23FN6O2/c1-14(33)15(2)34-22-10-16(17-11-30-32(3)12-17)9-21-23(22)25(29-13-28-21)31-20-7-6-19-18(24(20)26)5-4-8-27-19/h4-15,33H,1-3H3,(H,28,29,31)/t14-,15+/m0/s1. The van der Waals surface area contributed by atoms with Gasteiger partial charge in [0, 0.05) is 30.4 Å². The number of hydrogen-bond donors (Lipinski definition) is 2. The summed E-state index contributed by atoms with van der Waals surface area (Å²) in [4.78, 5) is 13.0. The van der Waals surface area contributed by atoms with Gasteiger partial charge >= 0.3 is 0 Å². The second-order valence-electron chi connectivity index (χ2n) is 8.18. The van der Waals surface area contributed by atoms with E-state index in [0.717, 1.165) is 11.1 Å². The third kappa shape index (κ3) is 4.01. The topological polar surface area (TPSA) is 98.0 Å². The number of aromatic nitrogens is 5. The first-order chi connectivity index (χ1) is 16.4. The van der Waals surface area contributed by atoms with E-state index in [2.05, 4.69) is 25.4 Å². The molecule has 3 aromatic heterocycles. The van der Waals surface area contributed by atoms with E-state index >= 15 is 4.39 Å². The first-order valence-electron chi connectivity index (χ1n) is 10.8. The minimum atomic E-state index is -0.705. The molecule has 2 aromatic carbocycles. The zero-order chi connectivity index (χ0) is 23.8. The first kappa shape index (κ1) is 21.7. The summed E-state index contributed by atoms with van der Waals surface area (Å²) in [5, 5.41) is 18.4. The van der Waals surface area contributed by atoms with Crippen molar-refractivity contribution in [2.24, 2.45) is 7.05 Å². The van der Waals surface area contributed by atoms with E-state index in [4.69, 9.17) is 4.74 Å². The monoisotopic (exact) mass is 458 g/mol. The molecule has 0 aliphatic heterocycles. The van der Waals surface area contributed by atoms with E-state index in [9.17, 15) is 5.11 Å². The van der Waals surface area contributed by atoms with Gasteiger partial charge in [-0.25, -0.2) is 14.4 Å². The molecule has 0 amide bonds. The molecule has 0 aliphatic rings. The fourth-order valence-corrected chi connectivity index (χ4v) is 3.72. The average Bonchev–Trinajstić information content (AvgIpc) is 3.27. The van der Waals surface area contributed by atoms with Crippen LogP contribution in [0.2, 0.25) is 0 Å². The number of rotatable bonds is 6. The smallest absolute Gasteiger partial charge is 0.156 e. The highest BCUT2D eigenvalue weighted by Gasteiger charge is 2.19. The molecular weight excluding hydrogens is 435 g/mol. The molecule has 172 valence electrons. The number of aliphatic hydroxyl groups excluding tert-OH is 1. The normalized spacial score (nSPS) is 13.2. The number of ether oxygens (including phenoxy) is 1. The third-order valence-electron chi connectivity index (χ3n) is 5.70. The minimum Gasteiger partial charge on any atom is -0.487 e. The van der Waals surface area contributed by atoms with Crippen LogP contribution in [0.4, 0.5) is 15.9 Å². The van der Waals surface area contributed by atoms with Gasteiger partial charge in [-0.1, -0.05) is 0 Å². The van der Waals surface area contributed by atoms with Crippen LogP contribution in [0.15, 0.2) is 61.3 Å². The van der Waals surface area contributed by atoms with Crippen LogP contribution in [-0.4, -0.2) is 42.0 Å². The molecule has 8 nitrogen and oxygen atoms in total. The van der Waals surface area contributed by atoms with Crippen molar-refractivity contribution in [3.63, 3.8) is 0 Å². The van der Waals surface area contributed by atoms with E-state index in [-0.39, 0.29) is 5.69 Å². The lowest BCUT2D eigenvalue weighted by molar-refractivity contribution is 0.0615. The summed E-state index contributed by atoms with van der Waals surface area (Å²) in [5.41, 5.74) is 3.16. The fourth-order valence-electron chi connectivity index (χ4n) is 3.72. The lowest BCUT2D eigenvalue weighted by atomic mass is 10.1. The number of aryl methyl sites for hydroxylation is 1. The van der Waals surface area contributed by atoms with Gasteiger partial charge in [-0.2, -0.15) is 5.10 Å². The largest absolute Gasteiger partial charge is 0.487 e. The Labute approximate surface area is 195 Å². The lowest BCUT2D eigenvalue weighted by Gasteiger charge is -2.20. The van der Waals surface area contributed by atoms with Gasteiger partial charge in [-0.3, -0.25) is 9.67 Å². The number of aliphatic hydroxyl groups is 1. The predicted octanol–water partition coefficient (Wildman–Crippen LogP) is 4.61. The molecule has 5 aromatic rings. The van der Waals surface area contributed by atoms with E-state index in [1.807, 2.05) is 25.4 Å². The van der Waals surface area contributed by atoms with E-state index < -0.39 is 18.0 Å². The summed E-state index contributed by atoms with van der Waals surface area (Å²) < 4.78 is 23.1. The maximum Gasteiger partial charge on any atom is 0.156 e. The van der Waals surface area contributed by atoms with E-state index in [1.165, 1.54) is 6.33 Å². The Morgan fingerprint density at radius 2 is 1.91 bits per heavy atom. The van der Waals surface area contributed by atoms with Crippen LogP contribution in [0.3, 0.4) is 0 Å². The van der Waals surface area contributed by atoms with Crippen LogP contribution in [-0.2, 0) is 7.05 Å². The molecule has 0 fully saturated rings. The molecule has 0 saturated heterocycles. The summed E-state index contributed by atoms with van der Waals surface area (Å²) in [7, 11) is 1.84. The van der Waals surface area contributed by atoms with Crippen LogP contribution in [0, 0.1) is 5.82 Å². The molecule has 3 heterocycles. The van der Waals surface area contributed by atoms with Crippen molar-refractivity contribution in [2.75, 3.05) is 5.32 Å². The molecule has 0 saturated carbocycles. The Kier molecular flexibility index (Phi) is 5.54. The zero-order valence-electron chi connectivity index (χ0n) is 18.9. The molecule has 34 heavy (non-hydrogen) atoms. The van der Waals surface area contributed by atoms with Crippen molar-refractivity contribution in [1.29, 1.82) is 0 Å². The Balaban J connectivity index is 1.66. The van der Waals surface area contributed by atoms with Gasteiger partial charge in [-0.05, 0) is 55.8 Å². The van der Waals surface area contributed by atoms with E-state index in [0.29, 0.717) is 33.4 Å². The highest BCUT2D eigenvalue weighted by atomic mass is 19.1. The van der Waals surface area contributed by atoms with Crippen molar-refractivity contribution in [3.8, 4) is 16.9 Å². The minimum absolute atomic E-state index is 0.256. The first-order valence-corrected chi connectivity index (χ1v) is 10.8. The maximum absolute atomic E-state index is 15.2. The van der Waals surface area contributed by atoms with Gasteiger partial charge in [0.2, 0.25) is 0 Å². The van der Waals surface area contributed by atoms with Gasteiger partial charge < -0.3 is 15.2 Å². The summed E-state index contributed by atoms with van der Waals surface area (Å²) >= 11 is 0. The molecule has 2 atom stereocenters. The number of pyridine rings is 1. The van der Waals surface area contributed by atoms with Gasteiger partial charge in [0.25, 0.3) is 0 Å². The number of nitrogens with zero attached hydrogens (tertiary/aromatic N) is 5. The zero-order valence-corrected chi connectivity index (χ0v) is 18.9. The molecule has 0 bridgehead atoms. The SMILES string of the molecule is C[C@H](O)[C@@H](C)Oc1cc(-c2cnn(C)c2)cc2ncnc(Nc3ccc4ncccc4c3F)c12. The fraction of sp³-hybridized carbons (Fsp3) is 0.200. The molecule has 9 heteroatoms. The molecule has 0 spiro atoms. The van der Waals surface area contributed by atoms with Gasteiger partial charge in [0.15, 0.2) is 5.82 Å². The highest BCUT2D eigenvalue weighted by Crippen LogP contribution is 2.37. The number of nitrogens with one attached hydrogen (secondary N) is 1. The third-order valence-corrected chi connectivity index (χ3v) is 5.70. The van der Waals surface area contributed by atoms with Crippen LogP contribution >= 0.6 is 0 Å². The molecule has 0 aliphatic carbocycles. The number of halogens is 1. The second-order valence-corrected chi connectivity index (χ2v) is 8.18. The predicted molar refractivity (Wildman–Crippen MR) is 128 cm³/mol. The molecule has 0 radical (unpaired) electrons. The number of benzene rings is 2. The second kappa shape index (κ2) is 8.68. The Hall–Kier alpha value is -4.11. The van der Waals surface area contributed by atoms with Gasteiger partial charge in [-0.15, -0.1) is 0 Å². The van der Waals surface area contributed by atoms with Crippen LogP contribution < -0.4 is 10.1 Å². The summed E-state index contributed by atoms with van der Waals surface area (Å²) in [6.07, 6.45) is 5.48. The number of fused-ring (bicyclic) bond motifs is 2. The average molecular weight is 458 g/mol. The van der Waals surface area contributed by atoms with Gasteiger partial charge in [0.05, 0.1) is 34.4 Å². The number of hydrogen-bond acceptors (Lipinski definition) is 7. The van der Waals surface area contributed by atoms with Crippen molar-refractivity contribution < 1.29 is 14.2 Å². The summed E-state index contributed by atoms with van der Waals surface area (Å²) in [6, 6.07) is 10.5. The number of anilines is 2. The van der Waals surface area contributed by atoms with Crippen molar-refractivity contribution in [2.45, 2.75) is 26.1 Å². The van der Waals surface area contributed by atoms with Crippen molar-refractivity contribution in [1.82, 2.24) is 24.7 Å². The highest BCUT2D eigenvalue weighted by molar-refractivity contribution is 5.99. The van der Waals surface area contributed by atoms with Crippen LogP contribution in [0.5, 0.6) is 5.75 Å². The molecule has 5 rings (SSSR count). The van der Waals surface area contributed by atoms with Gasteiger partial charge in [0.1, 0.15) is 24.0 Å². The van der Waals surface area contributed by atoms with Crippen molar-refractivity contribution >= 4 is 33.3 Å². The Morgan fingerprint density at radius 3 is 2.68 bits per heavy atom. The summed E-state index contributed by atoms with van der Waals surface area (Å²) in [6.45, 7) is 3.44. The Morgan fingerprint density at radius 1 is 1.06 bits per heavy atom. The molecular formula is C25H23FN6O2. The lowest BCUT2D eigenvalue weighted by Crippen LogP contribution is -2.25. The maximum atomic E-state index is 15.2. The van der Waals surface area contributed by atoms with Crippen LogP contribution in [0.1, 0.15) is 13.8 Å². The molecule has 0 unspecified atom stereocenters. The quantitative estimate of drug-likeness (QED) is 0.383. The Bertz CT molecular complexity index is 1500. The van der Waals surface area contributed by atoms with E-state index in [1.54, 1.807) is 55.2 Å². The summed E-state index contributed by atoms with van der Waals surface area (Å²) in [5.74, 6) is 0.428. The van der Waals surface area contributed by atoms with Crippen molar-refractivity contribution in [3.05, 3.63) is 67.1 Å².